The van der Waals surface area contributed by atoms with Crippen LogP contribution in [0.2, 0.25) is 0 Å². The number of fused-ring (bicyclic) bond motifs is 1. The fraction of sp³-hybridized carbons (Fsp3) is 0.345. The third kappa shape index (κ3) is 5.73. The van der Waals surface area contributed by atoms with E-state index in [0.29, 0.717) is 57.7 Å². The molecule has 0 aliphatic carbocycles. The van der Waals surface area contributed by atoms with Gasteiger partial charge in [0.1, 0.15) is 0 Å². The summed E-state index contributed by atoms with van der Waals surface area (Å²) < 4.78 is 20.1. The van der Waals surface area contributed by atoms with Crippen LogP contribution < -0.4 is 24.4 Å². The lowest BCUT2D eigenvalue weighted by Gasteiger charge is -2.25. The summed E-state index contributed by atoms with van der Waals surface area (Å²) in [7, 11) is 1.35. The van der Waals surface area contributed by atoms with Crippen LogP contribution >= 0.6 is 33.9 Å². The summed E-state index contributed by atoms with van der Waals surface area (Å²) in [4.78, 5) is 32.0. The summed E-state index contributed by atoms with van der Waals surface area (Å²) in [6, 6.07) is 12.8. The number of hydrogen-bond donors (Lipinski definition) is 0. The lowest BCUT2D eigenvalue weighted by Crippen LogP contribution is -2.40. The average molecular weight is 647 g/mol. The smallest absolute Gasteiger partial charge is 0.338 e. The van der Waals surface area contributed by atoms with Crippen molar-refractivity contribution in [1.29, 1.82) is 0 Å². The van der Waals surface area contributed by atoms with Crippen molar-refractivity contribution in [2.75, 3.05) is 20.3 Å². The molecule has 1 aromatic heterocycles. The molecule has 9 heteroatoms. The van der Waals surface area contributed by atoms with E-state index in [-0.39, 0.29) is 5.56 Å². The molecular weight excluding hydrogens is 615 g/mol. The Balaban J connectivity index is 1.90. The molecule has 0 N–H and O–H groups in total. The molecule has 200 valence electrons. The number of benzene rings is 2. The van der Waals surface area contributed by atoms with E-state index < -0.39 is 12.0 Å². The van der Waals surface area contributed by atoms with Gasteiger partial charge in [0.25, 0.3) is 5.56 Å². The molecule has 1 aliphatic rings. The standard InChI is InChI=1S/C29H31IN2O5S/c1-6-21-24(28(34)35-5)25(19-11-9-8-10-12-19)32-27(33)23(38-29(32)31-21)15-18-13-20(30)26(37-16-17(3)4)22(14-18)36-7-2/h8-15,17,25H,6-7,16H2,1-5H3/b23-15+/t25-/m0/s1. The number of carbonyl (C=O) groups excluding carboxylic acids is 1. The van der Waals surface area contributed by atoms with Crippen LogP contribution in [0.25, 0.3) is 6.08 Å². The van der Waals surface area contributed by atoms with E-state index in [1.807, 2.05) is 62.4 Å². The van der Waals surface area contributed by atoms with Crippen molar-refractivity contribution in [1.82, 2.24) is 4.57 Å². The molecule has 1 atom stereocenters. The van der Waals surface area contributed by atoms with E-state index in [9.17, 15) is 9.59 Å². The normalized spacial score (nSPS) is 15.3. The summed E-state index contributed by atoms with van der Waals surface area (Å²) in [6.07, 6.45) is 2.38. The van der Waals surface area contributed by atoms with Crippen LogP contribution in [0.1, 0.15) is 51.3 Å². The van der Waals surface area contributed by atoms with Crippen LogP contribution in [0.15, 0.2) is 63.5 Å². The molecule has 0 fully saturated rings. The molecule has 0 radical (unpaired) electrons. The maximum absolute atomic E-state index is 13.8. The third-order valence-electron chi connectivity index (χ3n) is 5.96. The van der Waals surface area contributed by atoms with Gasteiger partial charge in [-0.2, -0.15) is 0 Å². The second-order valence-electron chi connectivity index (χ2n) is 9.17. The maximum Gasteiger partial charge on any atom is 0.338 e. The molecule has 0 spiro atoms. The van der Waals surface area contributed by atoms with Crippen LogP contribution in [0.5, 0.6) is 11.5 Å². The summed E-state index contributed by atoms with van der Waals surface area (Å²) >= 11 is 3.54. The third-order valence-corrected chi connectivity index (χ3v) is 7.74. The fourth-order valence-corrected chi connectivity index (χ4v) is 6.09. The zero-order valence-electron chi connectivity index (χ0n) is 22.1. The first kappa shape index (κ1) is 28.1. The monoisotopic (exact) mass is 646 g/mol. The van der Waals surface area contributed by atoms with Gasteiger partial charge in [-0.05, 0) is 71.2 Å². The van der Waals surface area contributed by atoms with Crippen LogP contribution in [-0.4, -0.2) is 30.9 Å². The highest BCUT2D eigenvalue weighted by Gasteiger charge is 2.33. The molecule has 4 rings (SSSR count). The first-order valence-electron chi connectivity index (χ1n) is 12.6. The van der Waals surface area contributed by atoms with Crippen molar-refractivity contribution in [2.45, 2.75) is 40.2 Å². The molecule has 2 aromatic carbocycles. The van der Waals surface area contributed by atoms with Crippen LogP contribution in [-0.2, 0) is 9.53 Å². The summed E-state index contributed by atoms with van der Waals surface area (Å²) in [5.74, 6) is 1.24. The van der Waals surface area contributed by atoms with E-state index in [1.54, 1.807) is 4.57 Å². The second-order valence-corrected chi connectivity index (χ2v) is 11.3. The van der Waals surface area contributed by atoms with E-state index in [0.717, 1.165) is 14.7 Å². The molecule has 3 aromatic rings. The number of halogens is 1. The van der Waals surface area contributed by atoms with Gasteiger partial charge in [0.05, 0.1) is 45.7 Å². The first-order chi connectivity index (χ1) is 18.3. The maximum atomic E-state index is 13.8. The minimum Gasteiger partial charge on any atom is -0.490 e. The quantitative estimate of drug-likeness (QED) is 0.246. The molecule has 38 heavy (non-hydrogen) atoms. The van der Waals surface area contributed by atoms with E-state index in [1.165, 1.54) is 18.4 Å². The van der Waals surface area contributed by atoms with Crippen LogP contribution in [0.4, 0.5) is 0 Å². The molecule has 2 heterocycles. The number of thiazole rings is 1. The van der Waals surface area contributed by atoms with Gasteiger partial charge >= 0.3 is 5.97 Å². The number of esters is 1. The van der Waals surface area contributed by atoms with Gasteiger partial charge in [0.15, 0.2) is 16.3 Å². The molecule has 0 amide bonds. The van der Waals surface area contributed by atoms with Gasteiger partial charge < -0.3 is 14.2 Å². The molecule has 1 aliphatic heterocycles. The predicted octanol–water partition coefficient (Wildman–Crippen LogP) is 4.84. The molecule has 0 saturated heterocycles. The number of rotatable bonds is 9. The Morgan fingerprint density at radius 3 is 2.55 bits per heavy atom. The highest BCUT2D eigenvalue weighted by Crippen LogP contribution is 2.35. The Bertz CT molecular complexity index is 1540. The first-order valence-corrected chi connectivity index (χ1v) is 14.5. The van der Waals surface area contributed by atoms with E-state index in [2.05, 4.69) is 36.4 Å². The zero-order chi connectivity index (χ0) is 27.4. The molecule has 0 saturated carbocycles. The lowest BCUT2D eigenvalue weighted by molar-refractivity contribution is -0.136. The zero-order valence-corrected chi connectivity index (χ0v) is 25.1. The number of allylic oxidation sites excluding steroid dienone is 1. The summed E-state index contributed by atoms with van der Waals surface area (Å²) in [6.45, 7) is 9.14. The highest BCUT2D eigenvalue weighted by atomic mass is 127. The minimum atomic E-state index is -0.622. The van der Waals surface area contributed by atoms with Gasteiger partial charge in [0.2, 0.25) is 0 Å². The SMILES string of the molecule is CCOc1cc(/C=c2/sc3n(c2=O)[C@@H](c2ccccc2)C(C(=O)OC)=C(CC)N=3)cc(I)c1OCC(C)C. The number of ether oxygens (including phenoxy) is 3. The van der Waals surface area contributed by atoms with Crippen molar-refractivity contribution in [3.8, 4) is 11.5 Å². The Kier molecular flexibility index (Phi) is 9.09. The molecule has 0 bridgehead atoms. The minimum absolute atomic E-state index is 0.215. The molecule has 7 nitrogen and oxygen atoms in total. The average Bonchev–Trinajstić information content (AvgIpc) is 3.21. The van der Waals surface area contributed by atoms with Gasteiger partial charge in [-0.25, -0.2) is 9.79 Å². The highest BCUT2D eigenvalue weighted by molar-refractivity contribution is 14.1. The van der Waals surface area contributed by atoms with Crippen LogP contribution in [0.3, 0.4) is 0 Å². The van der Waals surface area contributed by atoms with Crippen molar-refractivity contribution >= 4 is 46.0 Å². The number of hydrogen-bond acceptors (Lipinski definition) is 7. The van der Waals surface area contributed by atoms with Crippen molar-refractivity contribution in [2.24, 2.45) is 10.9 Å². The van der Waals surface area contributed by atoms with Crippen molar-refractivity contribution in [3.63, 3.8) is 0 Å². The number of carbonyl (C=O) groups is 1. The number of aromatic nitrogens is 1. The fourth-order valence-electron chi connectivity index (χ4n) is 4.29. The van der Waals surface area contributed by atoms with Crippen molar-refractivity contribution < 1.29 is 19.0 Å². The van der Waals surface area contributed by atoms with Crippen LogP contribution in [0, 0.1) is 9.49 Å². The topological polar surface area (TPSA) is 79.1 Å². The number of methoxy groups -OCH3 is 1. The van der Waals surface area contributed by atoms with Gasteiger partial charge in [-0.1, -0.05) is 62.4 Å². The van der Waals surface area contributed by atoms with E-state index >= 15 is 0 Å². The Morgan fingerprint density at radius 2 is 1.92 bits per heavy atom. The number of nitrogens with zero attached hydrogens (tertiary/aromatic N) is 2. The Hall–Kier alpha value is -2.92. The second kappa shape index (κ2) is 12.3. The lowest BCUT2D eigenvalue weighted by atomic mass is 9.95. The Labute approximate surface area is 239 Å². The van der Waals surface area contributed by atoms with Crippen molar-refractivity contribution in [3.05, 3.63) is 88.1 Å². The largest absolute Gasteiger partial charge is 0.490 e. The van der Waals surface area contributed by atoms with Gasteiger partial charge in [-0.3, -0.25) is 9.36 Å². The molecule has 0 unspecified atom stereocenters. The Morgan fingerprint density at radius 1 is 1.18 bits per heavy atom. The predicted molar refractivity (Wildman–Crippen MR) is 158 cm³/mol. The van der Waals surface area contributed by atoms with Gasteiger partial charge in [-0.15, -0.1) is 0 Å². The molecular formula is C29H31IN2O5S. The summed E-state index contributed by atoms with van der Waals surface area (Å²) in [5.41, 5.74) is 2.44. The summed E-state index contributed by atoms with van der Waals surface area (Å²) in [5, 5.41) is 0. The van der Waals surface area contributed by atoms with E-state index in [4.69, 9.17) is 19.2 Å². The van der Waals surface area contributed by atoms with Gasteiger partial charge in [0, 0.05) is 0 Å².